The minimum atomic E-state index is -0.880. The van der Waals surface area contributed by atoms with Gasteiger partial charge in [0.1, 0.15) is 17.0 Å². The van der Waals surface area contributed by atoms with Crippen LogP contribution in [0.15, 0.2) is 24.3 Å². The molecule has 2 aliphatic rings. The van der Waals surface area contributed by atoms with Gasteiger partial charge >= 0.3 is 6.09 Å². The number of hydrogen-bond donors (Lipinski definition) is 2. The zero-order valence-corrected chi connectivity index (χ0v) is 20.3. The van der Waals surface area contributed by atoms with Crippen LogP contribution in [0.5, 0.6) is 0 Å². The van der Waals surface area contributed by atoms with E-state index in [9.17, 15) is 22.4 Å². The number of rotatable bonds is 3. The molecule has 6 nitrogen and oxygen atoms in total. The Hall–Kier alpha value is -3.17. The Kier molecular flexibility index (Phi) is 8.34. The number of nitrogens with two attached hydrogens (primary N) is 1. The summed E-state index contributed by atoms with van der Waals surface area (Å²) < 4.78 is 59.2. The van der Waals surface area contributed by atoms with Gasteiger partial charge in [-0.05, 0) is 70.7 Å². The first-order valence-corrected chi connectivity index (χ1v) is 11.7. The highest BCUT2D eigenvalue weighted by Gasteiger charge is 2.22. The van der Waals surface area contributed by atoms with Crippen LogP contribution in [-0.4, -0.2) is 37.9 Å². The van der Waals surface area contributed by atoms with E-state index < -0.39 is 46.3 Å². The second kappa shape index (κ2) is 11.0. The average Bonchev–Trinajstić information content (AvgIpc) is 3.48. The third-order valence-corrected chi connectivity index (χ3v) is 5.66. The van der Waals surface area contributed by atoms with E-state index in [-0.39, 0.29) is 0 Å². The van der Waals surface area contributed by atoms with Gasteiger partial charge in [-0.2, -0.15) is 0 Å². The molecule has 0 radical (unpaired) electrons. The second-order valence-corrected chi connectivity index (χ2v) is 9.62. The molecule has 10 heteroatoms. The normalized spacial score (nSPS) is 15.6. The molecule has 4 rings (SSSR count). The Morgan fingerprint density at radius 3 is 1.54 bits per heavy atom. The largest absolute Gasteiger partial charge is 0.444 e. The number of halogens is 4. The lowest BCUT2D eigenvalue weighted by molar-refractivity contribution is 0.0634. The number of benzene rings is 2. The van der Waals surface area contributed by atoms with Crippen LogP contribution in [0.4, 0.5) is 45.1 Å². The van der Waals surface area contributed by atoms with Crippen molar-refractivity contribution in [3.05, 3.63) is 47.5 Å². The topological polar surface area (TPSA) is 70.8 Å². The molecule has 0 unspecified atom stereocenters. The molecule has 0 spiro atoms. The summed E-state index contributed by atoms with van der Waals surface area (Å²) in [5.74, 6) is -2.95. The van der Waals surface area contributed by atoms with E-state index in [1.165, 1.54) is 24.3 Å². The zero-order valence-electron chi connectivity index (χ0n) is 20.3. The van der Waals surface area contributed by atoms with E-state index in [2.05, 4.69) is 5.32 Å². The van der Waals surface area contributed by atoms with Gasteiger partial charge < -0.3 is 20.3 Å². The lowest BCUT2D eigenvalue weighted by Gasteiger charge is -2.21. The molecule has 2 aromatic carbocycles. The van der Waals surface area contributed by atoms with Crippen LogP contribution in [-0.2, 0) is 4.74 Å². The van der Waals surface area contributed by atoms with Crippen LogP contribution in [0.3, 0.4) is 0 Å². The Morgan fingerprint density at radius 2 is 1.17 bits per heavy atom. The van der Waals surface area contributed by atoms with Gasteiger partial charge in [0.2, 0.25) is 0 Å². The van der Waals surface area contributed by atoms with Crippen LogP contribution in [0.2, 0.25) is 0 Å². The van der Waals surface area contributed by atoms with E-state index in [4.69, 9.17) is 10.5 Å². The minimum Gasteiger partial charge on any atom is -0.444 e. The SMILES string of the molecule is CC(C)(C)OC(=O)Nc1c(F)cc(N2CCCC2)cc1F.Nc1c(F)cc(N2CCCC2)cc1F. The Labute approximate surface area is 203 Å². The smallest absolute Gasteiger partial charge is 0.412 e. The van der Waals surface area contributed by atoms with E-state index in [0.29, 0.717) is 11.4 Å². The first-order chi connectivity index (χ1) is 16.4. The summed E-state index contributed by atoms with van der Waals surface area (Å²) >= 11 is 0. The summed E-state index contributed by atoms with van der Waals surface area (Å²) in [6, 6.07) is 5.07. The van der Waals surface area contributed by atoms with Crippen molar-refractivity contribution >= 4 is 28.8 Å². The van der Waals surface area contributed by atoms with Crippen molar-refractivity contribution in [1.82, 2.24) is 0 Å². The maximum Gasteiger partial charge on any atom is 0.412 e. The first-order valence-electron chi connectivity index (χ1n) is 11.7. The van der Waals surface area contributed by atoms with Crippen LogP contribution >= 0.6 is 0 Å². The molecule has 35 heavy (non-hydrogen) atoms. The Morgan fingerprint density at radius 1 is 0.800 bits per heavy atom. The van der Waals surface area contributed by atoms with Gasteiger partial charge in [-0.25, -0.2) is 22.4 Å². The van der Waals surface area contributed by atoms with Crippen molar-refractivity contribution < 1.29 is 27.1 Å². The molecule has 192 valence electrons. The molecule has 1 amide bonds. The molecular weight excluding hydrogens is 464 g/mol. The average molecular weight is 497 g/mol. The van der Waals surface area contributed by atoms with E-state index in [1.54, 1.807) is 20.8 Å². The van der Waals surface area contributed by atoms with Gasteiger partial charge in [-0.15, -0.1) is 0 Å². The van der Waals surface area contributed by atoms with Gasteiger partial charge in [0.25, 0.3) is 0 Å². The monoisotopic (exact) mass is 496 g/mol. The molecule has 2 heterocycles. The van der Waals surface area contributed by atoms with Crippen LogP contribution in [0.1, 0.15) is 46.5 Å². The number of carbonyl (C=O) groups excluding carboxylic acids is 1. The first kappa shape index (κ1) is 26.4. The summed E-state index contributed by atoms with van der Waals surface area (Å²) in [7, 11) is 0. The third kappa shape index (κ3) is 7.16. The number of nitrogens with one attached hydrogen (secondary N) is 1. The number of nitrogens with zero attached hydrogens (tertiary/aromatic N) is 2. The van der Waals surface area contributed by atoms with Gasteiger partial charge in [-0.1, -0.05) is 0 Å². The molecule has 0 saturated carbocycles. The highest BCUT2D eigenvalue weighted by Crippen LogP contribution is 2.29. The van der Waals surface area contributed by atoms with E-state index in [1.807, 2.05) is 9.80 Å². The lowest BCUT2D eigenvalue weighted by atomic mass is 10.2. The highest BCUT2D eigenvalue weighted by atomic mass is 19.1. The Bertz CT molecular complexity index is 1000. The molecule has 2 aromatic rings. The second-order valence-electron chi connectivity index (χ2n) is 9.62. The van der Waals surface area contributed by atoms with Crippen LogP contribution in [0, 0.1) is 23.3 Å². The van der Waals surface area contributed by atoms with Crippen molar-refractivity contribution in [3.63, 3.8) is 0 Å². The number of anilines is 4. The number of hydrogen-bond acceptors (Lipinski definition) is 5. The Balaban J connectivity index is 0.000000211. The maximum atomic E-state index is 14.0. The summed E-state index contributed by atoms with van der Waals surface area (Å²) in [6.07, 6.45) is 3.30. The molecule has 2 fully saturated rings. The number of carbonyl (C=O) groups is 1. The maximum absolute atomic E-state index is 14.0. The van der Waals surface area contributed by atoms with Gasteiger partial charge in [0, 0.05) is 37.6 Å². The predicted octanol–water partition coefficient (Wildman–Crippen LogP) is 6.06. The highest BCUT2D eigenvalue weighted by molar-refractivity contribution is 5.85. The lowest BCUT2D eigenvalue weighted by Crippen LogP contribution is -2.28. The van der Waals surface area contributed by atoms with Crippen molar-refractivity contribution in [2.45, 2.75) is 52.1 Å². The van der Waals surface area contributed by atoms with Crippen LogP contribution in [0.25, 0.3) is 0 Å². The van der Waals surface area contributed by atoms with Gasteiger partial charge in [-0.3, -0.25) is 5.32 Å². The summed E-state index contributed by atoms with van der Waals surface area (Å²) in [5.41, 5.74) is 4.66. The number of ether oxygens (including phenoxy) is 1. The van der Waals surface area contributed by atoms with E-state index in [0.717, 1.165) is 51.9 Å². The standard InChI is InChI=1S/C15H20F2N2O2.C10H12F2N2/c1-15(2,3)21-14(20)18-13-11(16)8-10(9-12(13)17)19-6-4-5-7-19;11-8-5-7(6-9(12)10(8)13)14-3-1-2-4-14/h8-9H,4-7H2,1-3H3,(H,18,20);5-6H,1-4,13H2. The minimum absolute atomic E-state index is 0.395. The van der Waals surface area contributed by atoms with Crippen molar-refractivity contribution in [1.29, 1.82) is 0 Å². The summed E-state index contributed by atoms with van der Waals surface area (Å²) in [6.45, 7) is 8.34. The van der Waals surface area contributed by atoms with Crippen molar-refractivity contribution in [2.75, 3.05) is 47.0 Å². The quantitative estimate of drug-likeness (QED) is 0.399. The summed E-state index contributed by atoms with van der Waals surface area (Å²) in [4.78, 5) is 15.5. The zero-order chi connectivity index (χ0) is 25.8. The molecule has 0 bridgehead atoms. The van der Waals surface area contributed by atoms with Gasteiger partial charge in [0.05, 0.1) is 0 Å². The summed E-state index contributed by atoms with van der Waals surface area (Å²) in [5, 5.41) is 2.12. The molecule has 0 aliphatic carbocycles. The predicted molar refractivity (Wildman–Crippen MR) is 130 cm³/mol. The molecule has 2 saturated heterocycles. The molecule has 2 aliphatic heterocycles. The molecular formula is C25H32F4N4O2. The number of nitrogen functional groups attached to an aromatic ring is 1. The van der Waals surface area contributed by atoms with E-state index >= 15 is 0 Å². The third-order valence-electron chi connectivity index (χ3n) is 5.66. The molecule has 3 N–H and O–H groups in total. The van der Waals surface area contributed by atoms with Crippen LogP contribution < -0.4 is 20.9 Å². The molecule has 0 atom stereocenters. The van der Waals surface area contributed by atoms with Crippen molar-refractivity contribution in [3.8, 4) is 0 Å². The fourth-order valence-corrected chi connectivity index (χ4v) is 3.97. The number of amides is 1. The molecule has 0 aromatic heterocycles. The fraction of sp³-hybridized carbons (Fsp3) is 0.480. The fourth-order valence-electron chi connectivity index (χ4n) is 3.97. The van der Waals surface area contributed by atoms with Gasteiger partial charge in [0.15, 0.2) is 23.3 Å². The van der Waals surface area contributed by atoms with Crippen molar-refractivity contribution in [2.24, 2.45) is 0 Å².